The van der Waals surface area contributed by atoms with Crippen molar-refractivity contribution in [3.8, 4) is 0 Å². The molecular weight excluding hydrogens is 454 g/mol. The monoisotopic (exact) mass is 452 g/mol. The van der Waals surface area contributed by atoms with Crippen molar-refractivity contribution >= 4 is 26.2 Å². The van der Waals surface area contributed by atoms with E-state index in [1.165, 1.54) is 0 Å². The molecule has 0 aliphatic heterocycles. The predicted octanol–water partition coefficient (Wildman–Crippen LogP) is -5.01. The van der Waals surface area contributed by atoms with Gasteiger partial charge >= 0.3 is 74.4 Å². The molecule has 0 spiro atoms. The molecule has 15 heteroatoms. The van der Waals surface area contributed by atoms with Gasteiger partial charge in [0.05, 0.1) is 0 Å². The fourth-order valence-corrected chi connectivity index (χ4v) is 0. The summed E-state index contributed by atoms with van der Waals surface area (Å²) in [5.41, 5.74) is 0. The molecule has 0 aromatic rings. The molecule has 0 aromatic carbocycles. The zero-order valence-electron chi connectivity index (χ0n) is 5.87. The Morgan fingerprint density at radius 1 is 0.667 bits per heavy atom. The molecule has 102 valence electrons. The van der Waals surface area contributed by atoms with Crippen LogP contribution in [0.2, 0.25) is 0 Å². The molecule has 0 saturated heterocycles. The second-order valence-electron chi connectivity index (χ2n) is 0.894. The number of rotatable bonds is 0. The van der Waals surface area contributed by atoms with E-state index >= 15 is 0 Å². The first-order valence-corrected chi connectivity index (χ1v) is 6.17. The van der Waals surface area contributed by atoms with Gasteiger partial charge in [-0.25, -0.2) is 0 Å². The van der Waals surface area contributed by atoms with Gasteiger partial charge in [-0.05, 0) is 0 Å². The molecule has 0 fully saturated rings. The van der Waals surface area contributed by atoms with Crippen LogP contribution in [0.25, 0.3) is 0 Å². The zero-order valence-corrected chi connectivity index (χ0v) is 12.5. The first kappa shape index (κ1) is 36.0. The number of phosphoric acid groups is 2. The van der Waals surface area contributed by atoms with Crippen molar-refractivity contribution in [2.75, 3.05) is 0 Å². The summed E-state index contributed by atoms with van der Waals surface area (Å²) in [6.45, 7) is 0. The Kier molecular flexibility index (Phi) is 45.1. The average Bonchev–Trinajstić information content (AvgIpc) is 1.59. The van der Waals surface area contributed by atoms with Gasteiger partial charge in [-0.2, -0.15) is 15.6 Å². The molecule has 0 bridgehead atoms. The molecule has 0 N–H and O–H groups in total. The van der Waals surface area contributed by atoms with E-state index in [4.69, 9.17) is 38.5 Å². The molecule has 0 aliphatic carbocycles. The quantitative estimate of drug-likeness (QED) is 0.257. The third-order valence-electron chi connectivity index (χ3n) is 0. The topological polar surface area (TPSA) is 172 Å². The van der Waals surface area contributed by atoms with Crippen LogP contribution in [0.4, 0.5) is 0 Å². The van der Waals surface area contributed by atoms with E-state index in [9.17, 15) is 0 Å². The molecule has 0 radical (unpaired) electrons. The van der Waals surface area contributed by atoms with Gasteiger partial charge in [0.2, 0.25) is 0 Å². The minimum atomic E-state index is -5.39. The van der Waals surface area contributed by atoms with Crippen molar-refractivity contribution in [3.63, 3.8) is 0 Å². The van der Waals surface area contributed by atoms with Crippen molar-refractivity contribution in [1.29, 1.82) is 0 Å². The van der Waals surface area contributed by atoms with Crippen molar-refractivity contribution in [3.05, 3.63) is 0 Å². The summed E-state index contributed by atoms with van der Waals surface area (Å²) in [5, 5.41) is 0. The van der Waals surface area contributed by atoms with Crippen LogP contribution >= 0.6 is 26.2 Å². The van der Waals surface area contributed by atoms with Gasteiger partial charge in [0.25, 0.3) is 0 Å². The summed E-state index contributed by atoms with van der Waals surface area (Å²) in [6.07, 6.45) is 0. The maximum absolute atomic E-state index is 8.55. The van der Waals surface area contributed by atoms with Crippen LogP contribution in [-0.4, -0.2) is 0 Å². The van der Waals surface area contributed by atoms with E-state index in [0.29, 0.717) is 0 Å². The molecule has 0 aliphatic rings. The molecule has 0 atom stereocenters. The molecular formula is FeNi3O8P2S. The fraction of sp³-hybridized carbons (Fsp3) is 0. The van der Waals surface area contributed by atoms with E-state index in [1.807, 2.05) is 0 Å². The van der Waals surface area contributed by atoms with Crippen LogP contribution in [0.5, 0.6) is 0 Å². The first-order chi connectivity index (χ1) is 5.00. The van der Waals surface area contributed by atoms with Crippen molar-refractivity contribution in [2.24, 2.45) is 0 Å². The van der Waals surface area contributed by atoms with Gasteiger partial charge in [0.1, 0.15) is 0 Å². The molecule has 0 heterocycles. The molecule has 15 heavy (non-hydrogen) atoms. The van der Waals surface area contributed by atoms with Gasteiger partial charge in [-0.1, -0.05) is 0 Å². The maximum atomic E-state index is 8.55. The Labute approximate surface area is 128 Å². The van der Waals surface area contributed by atoms with E-state index in [0.717, 1.165) is 0 Å². The van der Waals surface area contributed by atoms with Gasteiger partial charge in [-0.15, -0.1) is 0 Å². The Balaban J connectivity index is -0.0000000197. The first-order valence-electron chi connectivity index (χ1n) is 1.60. The van der Waals surface area contributed by atoms with Gasteiger partial charge in [0, 0.05) is 0 Å². The summed E-state index contributed by atoms with van der Waals surface area (Å²) in [7, 11) is -6.94. The van der Waals surface area contributed by atoms with E-state index in [-0.39, 0.29) is 49.5 Å². The second-order valence-corrected chi connectivity index (χ2v) is 2.68. The van der Waals surface area contributed by atoms with Crippen LogP contribution in [0.15, 0.2) is 0 Å². The van der Waals surface area contributed by atoms with Crippen molar-refractivity contribution < 1.29 is 102 Å². The summed E-state index contributed by atoms with van der Waals surface area (Å²) in [5.74, 6) is 0. The Hall–Kier alpha value is 2.44. The van der Waals surface area contributed by atoms with E-state index < -0.39 is 15.6 Å². The standard InChI is InChI=1S/Fe.3Ni.2H3O4P.S/c;;;;2*1-5(2,3)4;/h;;;;2*(H3,1,2,3,4);/q;3*+2;;;/p-6. The minimum absolute atomic E-state index is 0. The molecule has 8 nitrogen and oxygen atoms in total. The number of hydrogen-bond acceptors (Lipinski definition) is 9. The van der Waals surface area contributed by atoms with Crippen LogP contribution in [0, 0.1) is 0 Å². The van der Waals surface area contributed by atoms with Crippen LogP contribution in [0.3, 0.4) is 0 Å². The average molecular weight is 454 g/mol. The number of hydrogen-bond donors (Lipinski definition) is 0. The summed E-state index contributed by atoms with van der Waals surface area (Å²) >= 11 is 2.83. The SMILES string of the molecule is O=P([O-])([O-])[O-].O=P([O-])([O-])[O-].[Ni+2].[Ni+2].[Ni+2].[S]=[Fe]. The fourth-order valence-electron chi connectivity index (χ4n) is 0. The van der Waals surface area contributed by atoms with Gasteiger partial charge in [-0.3, -0.25) is 0 Å². The summed E-state index contributed by atoms with van der Waals surface area (Å²) in [4.78, 5) is 51.3. The van der Waals surface area contributed by atoms with Crippen LogP contribution in [-0.2, 0) is 73.0 Å². The summed E-state index contributed by atoms with van der Waals surface area (Å²) in [6, 6.07) is 0. The zero-order chi connectivity index (χ0) is 11.0. The predicted molar refractivity (Wildman–Crippen MR) is 22.8 cm³/mol. The van der Waals surface area contributed by atoms with E-state index in [1.54, 1.807) is 0 Å². The molecule has 0 rings (SSSR count). The molecule has 0 unspecified atom stereocenters. The van der Waals surface area contributed by atoms with Crippen LogP contribution in [0.1, 0.15) is 0 Å². The molecule has 0 saturated carbocycles. The van der Waals surface area contributed by atoms with Gasteiger partial charge < -0.3 is 38.5 Å². The summed E-state index contributed by atoms with van der Waals surface area (Å²) < 4.78 is 17.1. The van der Waals surface area contributed by atoms with Crippen LogP contribution < -0.4 is 29.4 Å². The van der Waals surface area contributed by atoms with E-state index in [2.05, 4.69) is 24.9 Å². The van der Waals surface area contributed by atoms with Gasteiger partial charge in [0.15, 0.2) is 0 Å². The normalized spacial score (nSPS) is 8.20. The second kappa shape index (κ2) is 18.8. The molecule has 0 amide bonds. The third kappa shape index (κ3) is 576. The third-order valence-corrected chi connectivity index (χ3v) is 0. The Bertz CT molecular complexity index is 152. The van der Waals surface area contributed by atoms with Crippen molar-refractivity contribution in [2.45, 2.75) is 0 Å². The Morgan fingerprint density at radius 2 is 0.667 bits per heavy atom. The Morgan fingerprint density at radius 3 is 0.667 bits per heavy atom. The molecule has 0 aromatic heterocycles. The van der Waals surface area contributed by atoms with Crippen molar-refractivity contribution in [1.82, 2.24) is 0 Å².